The molecule has 122 valence electrons. The number of aliphatic hydroxyl groups excluding tert-OH is 1. The predicted molar refractivity (Wildman–Crippen MR) is 87.8 cm³/mol. The van der Waals surface area contributed by atoms with Crippen LogP contribution in [-0.2, 0) is 14.3 Å². The van der Waals surface area contributed by atoms with E-state index in [1.807, 2.05) is 37.3 Å². The summed E-state index contributed by atoms with van der Waals surface area (Å²) in [4.78, 5) is 28.7. The molecule has 0 saturated carbocycles. The van der Waals surface area contributed by atoms with Crippen LogP contribution < -0.4 is 0 Å². The first-order valence-corrected chi connectivity index (χ1v) is 7.81. The van der Waals surface area contributed by atoms with E-state index in [1.54, 1.807) is 6.92 Å². The number of rotatable bonds is 5. The second-order valence-electron chi connectivity index (χ2n) is 5.35. The van der Waals surface area contributed by atoms with E-state index in [0.717, 1.165) is 5.69 Å². The van der Waals surface area contributed by atoms with Gasteiger partial charge in [-0.3, -0.25) is 14.6 Å². The molecule has 1 N–H and O–H groups in total. The smallest absolute Gasteiger partial charge is 0.309 e. The number of aliphatic hydroxyl groups is 1. The van der Waals surface area contributed by atoms with Crippen molar-refractivity contribution in [3.05, 3.63) is 41.7 Å². The fourth-order valence-electron chi connectivity index (χ4n) is 2.62. The lowest BCUT2D eigenvalue weighted by Gasteiger charge is -2.22. The number of esters is 1. The Morgan fingerprint density at radius 2 is 1.96 bits per heavy atom. The van der Waals surface area contributed by atoms with Crippen LogP contribution in [0.2, 0.25) is 0 Å². The standard InChI is InChI=1S/C18H21NO4/c1-3-14(19-13-8-6-5-7-9-13)17-15(20)10-12(11-16(17)21)18(22)23-4-2/h5-9,12,20H,3-4,10-11H2,1-2H3. The third-order valence-electron chi connectivity index (χ3n) is 3.70. The molecule has 1 aliphatic rings. The normalized spacial score (nSPS) is 19.0. The molecule has 1 aromatic carbocycles. The Morgan fingerprint density at radius 1 is 1.26 bits per heavy atom. The molecule has 0 amide bonds. The molecule has 5 nitrogen and oxygen atoms in total. The monoisotopic (exact) mass is 315 g/mol. The van der Waals surface area contributed by atoms with Crippen molar-refractivity contribution < 1.29 is 19.4 Å². The molecular weight excluding hydrogens is 294 g/mol. The van der Waals surface area contributed by atoms with Gasteiger partial charge in [-0.2, -0.15) is 0 Å². The lowest BCUT2D eigenvalue weighted by Crippen LogP contribution is -2.29. The molecule has 0 radical (unpaired) electrons. The maximum atomic E-state index is 12.4. The first-order chi connectivity index (χ1) is 11.1. The number of carbonyl (C=O) groups is 2. The average molecular weight is 315 g/mol. The zero-order valence-electron chi connectivity index (χ0n) is 13.4. The van der Waals surface area contributed by atoms with Gasteiger partial charge >= 0.3 is 5.97 Å². The van der Waals surface area contributed by atoms with Crippen molar-refractivity contribution in [3.8, 4) is 0 Å². The van der Waals surface area contributed by atoms with Gasteiger partial charge in [-0.15, -0.1) is 0 Å². The number of aliphatic imine (C=N–C) groups is 1. The van der Waals surface area contributed by atoms with Gasteiger partial charge in [0.05, 0.1) is 29.5 Å². The van der Waals surface area contributed by atoms with Gasteiger partial charge in [0.15, 0.2) is 5.78 Å². The number of hydrogen-bond donors (Lipinski definition) is 1. The van der Waals surface area contributed by atoms with Crippen LogP contribution in [0.5, 0.6) is 0 Å². The molecule has 1 unspecified atom stereocenters. The van der Waals surface area contributed by atoms with Crippen molar-refractivity contribution in [2.24, 2.45) is 10.9 Å². The van der Waals surface area contributed by atoms with Crippen LogP contribution in [-0.4, -0.2) is 29.2 Å². The van der Waals surface area contributed by atoms with Crippen LogP contribution in [0.4, 0.5) is 5.69 Å². The van der Waals surface area contributed by atoms with Crippen LogP contribution in [0.1, 0.15) is 33.1 Å². The van der Waals surface area contributed by atoms with Crippen molar-refractivity contribution in [1.29, 1.82) is 0 Å². The summed E-state index contributed by atoms with van der Waals surface area (Å²) in [6.45, 7) is 3.86. The largest absolute Gasteiger partial charge is 0.511 e. The van der Waals surface area contributed by atoms with Crippen LogP contribution >= 0.6 is 0 Å². The lowest BCUT2D eigenvalue weighted by molar-refractivity contribution is -0.149. The molecule has 1 atom stereocenters. The van der Waals surface area contributed by atoms with Crippen LogP contribution in [0.3, 0.4) is 0 Å². The van der Waals surface area contributed by atoms with Crippen molar-refractivity contribution in [2.75, 3.05) is 6.61 Å². The lowest BCUT2D eigenvalue weighted by atomic mass is 9.84. The highest BCUT2D eigenvalue weighted by Gasteiger charge is 2.34. The topological polar surface area (TPSA) is 76.0 Å². The van der Waals surface area contributed by atoms with E-state index in [2.05, 4.69) is 4.99 Å². The van der Waals surface area contributed by atoms with Gasteiger partial charge in [-0.25, -0.2) is 0 Å². The van der Waals surface area contributed by atoms with Gasteiger partial charge in [0, 0.05) is 12.8 Å². The highest BCUT2D eigenvalue weighted by atomic mass is 16.5. The zero-order chi connectivity index (χ0) is 16.8. The summed E-state index contributed by atoms with van der Waals surface area (Å²) < 4.78 is 4.94. The first kappa shape index (κ1) is 16.9. The summed E-state index contributed by atoms with van der Waals surface area (Å²) in [5.74, 6) is -1.38. The summed E-state index contributed by atoms with van der Waals surface area (Å²) in [5, 5.41) is 10.3. The number of ketones is 1. The van der Waals surface area contributed by atoms with E-state index in [4.69, 9.17) is 4.74 Å². The molecule has 0 saturated heterocycles. The van der Waals surface area contributed by atoms with Gasteiger partial charge < -0.3 is 9.84 Å². The molecule has 2 rings (SSSR count). The summed E-state index contributed by atoms with van der Waals surface area (Å²) >= 11 is 0. The summed E-state index contributed by atoms with van der Waals surface area (Å²) in [5.41, 5.74) is 1.52. The van der Waals surface area contributed by atoms with E-state index in [-0.39, 0.29) is 36.6 Å². The maximum absolute atomic E-state index is 12.4. The van der Waals surface area contributed by atoms with Crippen molar-refractivity contribution >= 4 is 23.2 Å². The van der Waals surface area contributed by atoms with Crippen molar-refractivity contribution in [2.45, 2.75) is 33.1 Å². The number of benzene rings is 1. The van der Waals surface area contributed by atoms with E-state index < -0.39 is 11.9 Å². The third kappa shape index (κ3) is 4.06. The Bertz CT molecular complexity index is 646. The molecule has 1 aromatic rings. The number of allylic oxidation sites excluding steroid dienone is 2. The van der Waals surface area contributed by atoms with Gasteiger partial charge in [0.1, 0.15) is 5.76 Å². The second kappa shape index (κ2) is 7.72. The fraction of sp³-hybridized carbons (Fsp3) is 0.389. The average Bonchev–Trinajstić information content (AvgIpc) is 2.54. The minimum atomic E-state index is -0.610. The van der Waals surface area contributed by atoms with E-state index >= 15 is 0 Å². The SMILES string of the molecule is CCOC(=O)C1CC(=O)C(C(CC)=Nc2ccccc2)=C(O)C1. The Morgan fingerprint density at radius 3 is 2.52 bits per heavy atom. The van der Waals surface area contributed by atoms with E-state index in [0.29, 0.717) is 12.1 Å². The quantitative estimate of drug-likeness (QED) is 0.666. The summed E-state index contributed by atoms with van der Waals surface area (Å²) in [6, 6.07) is 9.28. The number of carbonyl (C=O) groups excluding carboxylic acids is 2. The van der Waals surface area contributed by atoms with Gasteiger partial charge in [-0.05, 0) is 25.5 Å². The van der Waals surface area contributed by atoms with Gasteiger partial charge in [0.25, 0.3) is 0 Å². The first-order valence-electron chi connectivity index (χ1n) is 7.81. The Labute approximate surface area is 135 Å². The van der Waals surface area contributed by atoms with E-state index in [1.165, 1.54) is 0 Å². The predicted octanol–water partition coefficient (Wildman–Crippen LogP) is 3.52. The molecule has 0 aliphatic heterocycles. The van der Waals surface area contributed by atoms with Crippen LogP contribution in [0.15, 0.2) is 46.7 Å². The van der Waals surface area contributed by atoms with Crippen molar-refractivity contribution in [3.63, 3.8) is 0 Å². The minimum absolute atomic E-state index is 0.0477. The fourth-order valence-corrected chi connectivity index (χ4v) is 2.62. The second-order valence-corrected chi connectivity index (χ2v) is 5.35. The maximum Gasteiger partial charge on any atom is 0.309 e. The molecule has 23 heavy (non-hydrogen) atoms. The molecular formula is C18H21NO4. The van der Waals surface area contributed by atoms with Gasteiger partial charge in [0.2, 0.25) is 0 Å². The van der Waals surface area contributed by atoms with Crippen molar-refractivity contribution in [1.82, 2.24) is 0 Å². The third-order valence-corrected chi connectivity index (χ3v) is 3.70. The van der Waals surface area contributed by atoms with Gasteiger partial charge in [-0.1, -0.05) is 25.1 Å². The molecule has 0 fully saturated rings. The number of hydrogen-bond acceptors (Lipinski definition) is 5. The minimum Gasteiger partial charge on any atom is -0.511 e. The molecule has 0 heterocycles. The number of para-hydroxylation sites is 1. The Balaban J connectivity index is 2.30. The molecule has 0 aromatic heterocycles. The molecule has 5 heteroatoms. The Kier molecular flexibility index (Phi) is 5.68. The number of Topliss-reactive ketones (excluding diaryl/α,β-unsaturated/α-hetero) is 1. The van der Waals surface area contributed by atoms with Crippen LogP contribution in [0, 0.1) is 5.92 Å². The van der Waals surface area contributed by atoms with Crippen LogP contribution in [0.25, 0.3) is 0 Å². The Hall–Kier alpha value is -2.43. The summed E-state index contributed by atoms with van der Waals surface area (Å²) in [6.07, 6.45) is 0.684. The molecule has 0 bridgehead atoms. The summed E-state index contributed by atoms with van der Waals surface area (Å²) in [7, 11) is 0. The number of nitrogens with zero attached hydrogens (tertiary/aromatic N) is 1. The zero-order valence-corrected chi connectivity index (χ0v) is 13.4. The highest BCUT2D eigenvalue weighted by Crippen LogP contribution is 2.29. The van der Waals surface area contributed by atoms with E-state index in [9.17, 15) is 14.7 Å². The molecule has 0 spiro atoms. The number of ether oxygens (including phenoxy) is 1. The molecule has 1 aliphatic carbocycles. The highest BCUT2D eigenvalue weighted by molar-refractivity contribution is 6.24.